The van der Waals surface area contributed by atoms with Gasteiger partial charge in [0.05, 0.1) is 11.1 Å². The molecule has 2 aromatic heterocycles. The molecule has 0 fully saturated rings. The Morgan fingerprint density at radius 1 is 1.21 bits per heavy atom. The van der Waals surface area contributed by atoms with Gasteiger partial charge in [-0.25, -0.2) is 13.4 Å². The Labute approximate surface area is 140 Å². The summed E-state index contributed by atoms with van der Waals surface area (Å²) in [7, 11) is -3.52. The molecule has 126 valence electrons. The third-order valence-corrected chi connectivity index (χ3v) is 4.53. The second-order valence-electron chi connectivity index (χ2n) is 5.67. The van der Waals surface area contributed by atoms with E-state index in [2.05, 4.69) is 25.5 Å². The molecule has 24 heavy (non-hydrogen) atoms. The predicted octanol–water partition coefficient (Wildman–Crippen LogP) is 2.55. The summed E-state index contributed by atoms with van der Waals surface area (Å²) in [5, 5.41) is 10.8. The second-order valence-corrected chi connectivity index (χ2v) is 7.58. The zero-order valence-electron chi connectivity index (χ0n) is 13.8. The Morgan fingerprint density at radius 3 is 2.62 bits per heavy atom. The topological polar surface area (TPSA) is 101 Å². The molecule has 0 aliphatic heterocycles. The molecule has 3 aromatic rings. The zero-order valence-corrected chi connectivity index (χ0v) is 14.6. The number of hydrogen-bond donors (Lipinski definition) is 2. The lowest BCUT2D eigenvalue weighted by atomic mass is 10.0. The lowest BCUT2D eigenvalue weighted by Crippen LogP contribution is -2.09. The maximum atomic E-state index is 11.8. The fourth-order valence-electron chi connectivity index (χ4n) is 2.49. The molecule has 0 saturated heterocycles. The summed E-state index contributed by atoms with van der Waals surface area (Å²) in [5.74, 6) is 0.481. The van der Waals surface area contributed by atoms with Crippen molar-refractivity contribution in [3.63, 3.8) is 0 Å². The third-order valence-electron chi connectivity index (χ3n) is 3.68. The van der Waals surface area contributed by atoms with Crippen LogP contribution in [0.5, 0.6) is 0 Å². The molecule has 0 aliphatic rings. The van der Waals surface area contributed by atoms with Gasteiger partial charge in [-0.05, 0) is 18.9 Å². The van der Waals surface area contributed by atoms with Crippen LogP contribution in [0.1, 0.15) is 18.9 Å². The van der Waals surface area contributed by atoms with E-state index in [1.165, 1.54) is 0 Å². The molecular weight excluding hydrogens is 326 g/mol. The summed E-state index contributed by atoms with van der Waals surface area (Å²) in [6.07, 6.45) is 1.98. The highest BCUT2D eigenvalue weighted by molar-refractivity contribution is 7.90. The summed E-state index contributed by atoms with van der Waals surface area (Å²) in [5.41, 5.74) is 3.18. The van der Waals surface area contributed by atoms with E-state index in [4.69, 9.17) is 0 Å². The van der Waals surface area contributed by atoms with Crippen molar-refractivity contribution in [1.29, 1.82) is 0 Å². The van der Waals surface area contributed by atoms with Crippen LogP contribution < -0.4 is 5.32 Å². The molecule has 0 saturated carbocycles. The summed E-state index contributed by atoms with van der Waals surface area (Å²) >= 11 is 0. The minimum absolute atomic E-state index is 0.226. The maximum absolute atomic E-state index is 11.8. The molecule has 0 atom stereocenters. The zero-order chi connectivity index (χ0) is 17.3. The molecule has 2 N–H and O–H groups in total. The molecule has 0 bridgehead atoms. The predicted molar refractivity (Wildman–Crippen MR) is 93.7 cm³/mol. The van der Waals surface area contributed by atoms with Crippen LogP contribution >= 0.6 is 0 Å². The molecule has 0 aliphatic carbocycles. The number of aromatic amines is 1. The Bertz CT molecular complexity index is 995. The fraction of sp³-hybridized carbons (Fsp3) is 0.312. The summed E-state index contributed by atoms with van der Waals surface area (Å²) in [6.45, 7) is 4.71. The van der Waals surface area contributed by atoms with Gasteiger partial charge in [0.1, 0.15) is 5.82 Å². The first-order chi connectivity index (χ1) is 11.4. The SMILES string of the molecule is CCCNc1nc(S(C)(=O)=O)nc2n[nH]c(-c3ccccc3C)c12. The number of fused-ring (bicyclic) bond motifs is 1. The number of sulfone groups is 1. The molecule has 1 aromatic carbocycles. The minimum atomic E-state index is -3.52. The van der Waals surface area contributed by atoms with E-state index in [9.17, 15) is 8.42 Å². The Hall–Kier alpha value is -2.48. The molecule has 7 nitrogen and oxygen atoms in total. The third kappa shape index (κ3) is 2.96. The van der Waals surface area contributed by atoms with Crippen molar-refractivity contribution in [1.82, 2.24) is 20.2 Å². The minimum Gasteiger partial charge on any atom is -0.369 e. The van der Waals surface area contributed by atoms with Gasteiger partial charge in [0.2, 0.25) is 9.84 Å². The van der Waals surface area contributed by atoms with Gasteiger partial charge in [-0.1, -0.05) is 31.2 Å². The average Bonchev–Trinajstić information content (AvgIpc) is 2.96. The van der Waals surface area contributed by atoms with Crippen molar-refractivity contribution in [3.05, 3.63) is 29.8 Å². The van der Waals surface area contributed by atoms with Crippen molar-refractivity contribution < 1.29 is 8.42 Å². The molecule has 0 spiro atoms. The quantitative estimate of drug-likeness (QED) is 0.689. The molecule has 0 amide bonds. The van der Waals surface area contributed by atoms with Gasteiger partial charge in [0, 0.05) is 18.4 Å². The number of nitrogens with zero attached hydrogens (tertiary/aromatic N) is 3. The fourth-order valence-corrected chi connectivity index (χ4v) is 3.00. The summed E-state index contributed by atoms with van der Waals surface area (Å²) in [6, 6.07) is 7.90. The van der Waals surface area contributed by atoms with Gasteiger partial charge in [-0.2, -0.15) is 10.1 Å². The molecule has 2 heterocycles. The number of aromatic nitrogens is 4. The van der Waals surface area contributed by atoms with Gasteiger partial charge < -0.3 is 5.32 Å². The maximum Gasteiger partial charge on any atom is 0.250 e. The lowest BCUT2D eigenvalue weighted by molar-refractivity contribution is 0.593. The molecular formula is C16H19N5O2S. The number of benzene rings is 1. The van der Waals surface area contributed by atoms with E-state index >= 15 is 0 Å². The van der Waals surface area contributed by atoms with E-state index in [0.29, 0.717) is 23.4 Å². The number of hydrogen-bond acceptors (Lipinski definition) is 6. The Balaban J connectivity index is 2.29. The van der Waals surface area contributed by atoms with Crippen molar-refractivity contribution >= 4 is 26.7 Å². The van der Waals surface area contributed by atoms with Crippen LogP contribution in [0.25, 0.3) is 22.3 Å². The van der Waals surface area contributed by atoms with Crippen LogP contribution in [0.15, 0.2) is 29.4 Å². The first-order valence-corrected chi connectivity index (χ1v) is 9.57. The van der Waals surface area contributed by atoms with Crippen LogP contribution in [0, 0.1) is 6.92 Å². The number of H-pyrrole nitrogens is 1. The van der Waals surface area contributed by atoms with Crippen molar-refractivity contribution in [2.24, 2.45) is 0 Å². The molecule has 8 heteroatoms. The monoisotopic (exact) mass is 345 g/mol. The van der Waals surface area contributed by atoms with Crippen LogP contribution in [-0.2, 0) is 9.84 Å². The molecule has 3 rings (SSSR count). The normalized spacial score (nSPS) is 11.8. The lowest BCUT2D eigenvalue weighted by Gasteiger charge is -2.09. The second kappa shape index (κ2) is 6.20. The van der Waals surface area contributed by atoms with Gasteiger partial charge in [-0.3, -0.25) is 5.10 Å². The Kier molecular flexibility index (Phi) is 4.23. The van der Waals surface area contributed by atoms with Gasteiger partial charge >= 0.3 is 0 Å². The molecule has 0 radical (unpaired) electrons. The Morgan fingerprint density at radius 2 is 1.96 bits per heavy atom. The van der Waals surface area contributed by atoms with Crippen molar-refractivity contribution in [2.75, 3.05) is 18.1 Å². The first-order valence-electron chi connectivity index (χ1n) is 7.68. The van der Waals surface area contributed by atoms with Crippen molar-refractivity contribution in [3.8, 4) is 11.3 Å². The number of anilines is 1. The van der Waals surface area contributed by atoms with E-state index in [0.717, 1.165) is 29.5 Å². The summed E-state index contributed by atoms with van der Waals surface area (Å²) < 4.78 is 23.7. The largest absolute Gasteiger partial charge is 0.369 e. The van der Waals surface area contributed by atoms with Gasteiger partial charge in [0.25, 0.3) is 5.16 Å². The van der Waals surface area contributed by atoms with E-state index < -0.39 is 9.84 Å². The number of rotatable bonds is 5. The highest BCUT2D eigenvalue weighted by atomic mass is 32.2. The average molecular weight is 345 g/mol. The van der Waals surface area contributed by atoms with E-state index in [-0.39, 0.29) is 5.16 Å². The summed E-state index contributed by atoms with van der Waals surface area (Å²) in [4.78, 5) is 8.34. The van der Waals surface area contributed by atoms with Gasteiger partial charge in [0.15, 0.2) is 5.65 Å². The highest BCUT2D eigenvalue weighted by Crippen LogP contribution is 2.32. The van der Waals surface area contributed by atoms with Crippen LogP contribution in [-0.4, -0.2) is 41.4 Å². The van der Waals surface area contributed by atoms with Crippen molar-refractivity contribution in [2.45, 2.75) is 25.4 Å². The number of aryl methyl sites for hydroxylation is 1. The van der Waals surface area contributed by atoms with E-state index in [1.807, 2.05) is 38.1 Å². The van der Waals surface area contributed by atoms with Crippen LogP contribution in [0.3, 0.4) is 0 Å². The smallest absolute Gasteiger partial charge is 0.250 e. The standard InChI is InChI=1S/C16H19N5O2S/c1-4-9-17-14-12-13(11-8-6-5-7-10(11)2)20-21-15(12)19-16(18-14)24(3,22)23/h5-8H,4,9H2,1-3H3,(H2,17,18,19,20,21). The van der Waals surface area contributed by atoms with Crippen LogP contribution in [0.4, 0.5) is 5.82 Å². The highest BCUT2D eigenvalue weighted by Gasteiger charge is 2.21. The van der Waals surface area contributed by atoms with Crippen LogP contribution in [0.2, 0.25) is 0 Å². The first kappa shape index (κ1) is 16.4. The van der Waals surface area contributed by atoms with Gasteiger partial charge in [-0.15, -0.1) is 0 Å². The van der Waals surface area contributed by atoms with E-state index in [1.54, 1.807) is 0 Å². The molecule has 0 unspecified atom stereocenters. The number of nitrogens with one attached hydrogen (secondary N) is 2.